The van der Waals surface area contributed by atoms with Crippen LogP contribution in [0.3, 0.4) is 0 Å². The molecule has 0 radical (unpaired) electrons. The van der Waals surface area contributed by atoms with Gasteiger partial charge in [-0.05, 0) is 39.1 Å². The third-order valence-electron chi connectivity index (χ3n) is 2.35. The molecule has 0 bridgehead atoms. The molecule has 0 N–H and O–H groups in total. The van der Waals surface area contributed by atoms with Crippen molar-refractivity contribution in [1.29, 1.82) is 0 Å². The van der Waals surface area contributed by atoms with Gasteiger partial charge >= 0.3 is 0 Å². The lowest BCUT2D eigenvalue weighted by atomic mass is 10.2. The van der Waals surface area contributed by atoms with E-state index in [9.17, 15) is 0 Å². The number of unbranched alkanes of at least 4 members (excludes halogenated alkanes) is 1. The Morgan fingerprint density at radius 1 is 1.38 bits per heavy atom. The van der Waals surface area contributed by atoms with Gasteiger partial charge in [-0.2, -0.15) is 11.8 Å². The lowest BCUT2D eigenvalue weighted by molar-refractivity contribution is 0.252. The predicted octanol–water partition coefficient (Wildman–Crippen LogP) is 3.23. The zero-order chi connectivity index (χ0) is 10.1. The number of hydrogen-bond donors (Lipinski definition) is 0. The summed E-state index contributed by atoms with van der Waals surface area (Å²) in [6, 6.07) is 0.769. The summed E-state index contributed by atoms with van der Waals surface area (Å²) in [7, 11) is 2.25. The van der Waals surface area contributed by atoms with Gasteiger partial charge in [0.05, 0.1) is 0 Å². The van der Waals surface area contributed by atoms with E-state index in [-0.39, 0.29) is 0 Å². The maximum Gasteiger partial charge on any atom is 0.0180 e. The molecule has 0 saturated carbocycles. The SMILES string of the molecule is CCC(CSC)N(C)CCCCBr. The van der Waals surface area contributed by atoms with Crippen molar-refractivity contribution >= 4 is 27.7 Å². The molecule has 0 spiro atoms. The average Bonchev–Trinajstić information content (AvgIpc) is 2.14. The minimum absolute atomic E-state index is 0.769. The molecule has 1 unspecified atom stereocenters. The summed E-state index contributed by atoms with van der Waals surface area (Å²) >= 11 is 5.41. The van der Waals surface area contributed by atoms with Gasteiger partial charge in [0.15, 0.2) is 0 Å². The van der Waals surface area contributed by atoms with Crippen molar-refractivity contribution in [3.63, 3.8) is 0 Å². The number of halogens is 1. The molecular formula is C10H22BrNS. The van der Waals surface area contributed by atoms with Crippen LogP contribution in [0.2, 0.25) is 0 Å². The Bertz CT molecular complexity index is 111. The monoisotopic (exact) mass is 267 g/mol. The minimum atomic E-state index is 0.769. The molecule has 0 aromatic heterocycles. The summed E-state index contributed by atoms with van der Waals surface area (Å²) in [5.74, 6) is 1.27. The first kappa shape index (κ1) is 13.8. The molecule has 80 valence electrons. The van der Waals surface area contributed by atoms with Crippen molar-refractivity contribution in [3.8, 4) is 0 Å². The van der Waals surface area contributed by atoms with E-state index in [1.54, 1.807) is 0 Å². The largest absolute Gasteiger partial charge is 0.303 e. The van der Waals surface area contributed by atoms with Gasteiger partial charge in [-0.15, -0.1) is 0 Å². The number of nitrogens with zero attached hydrogens (tertiary/aromatic N) is 1. The molecule has 0 saturated heterocycles. The van der Waals surface area contributed by atoms with Gasteiger partial charge in [0.25, 0.3) is 0 Å². The Hall–Kier alpha value is 0.790. The van der Waals surface area contributed by atoms with Crippen LogP contribution >= 0.6 is 27.7 Å². The highest BCUT2D eigenvalue weighted by molar-refractivity contribution is 9.09. The molecular weight excluding hydrogens is 246 g/mol. The van der Waals surface area contributed by atoms with E-state index < -0.39 is 0 Å². The maximum absolute atomic E-state index is 3.46. The molecule has 0 rings (SSSR count). The first-order chi connectivity index (χ1) is 6.26. The number of alkyl halides is 1. The van der Waals surface area contributed by atoms with Crippen LogP contribution in [0.15, 0.2) is 0 Å². The van der Waals surface area contributed by atoms with Crippen LogP contribution in [0.5, 0.6) is 0 Å². The highest BCUT2D eigenvalue weighted by Gasteiger charge is 2.10. The molecule has 3 heteroatoms. The summed E-state index contributed by atoms with van der Waals surface area (Å²) in [4.78, 5) is 2.50. The van der Waals surface area contributed by atoms with Gasteiger partial charge < -0.3 is 4.90 Å². The Morgan fingerprint density at radius 3 is 2.54 bits per heavy atom. The quantitative estimate of drug-likeness (QED) is 0.491. The van der Waals surface area contributed by atoms with Crippen LogP contribution in [0.4, 0.5) is 0 Å². The van der Waals surface area contributed by atoms with E-state index in [1.807, 2.05) is 11.8 Å². The summed E-state index contributed by atoms with van der Waals surface area (Å²) < 4.78 is 0. The minimum Gasteiger partial charge on any atom is -0.303 e. The zero-order valence-corrected chi connectivity index (χ0v) is 11.5. The van der Waals surface area contributed by atoms with Crippen LogP contribution < -0.4 is 0 Å². The van der Waals surface area contributed by atoms with E-state index in [0.717, 1.165) is 11.4 Å². The Labute approximate surface area is 95.8 Å². The Morgan fingerprint density at radius 2 is 2.08 bits per heavy atom. The molecule has 13 heavy (non-hydrogen) atoms. The second-order valence-corrected chi connectivity index (χ2v) is 5.10. The fraction of sp³-hybridized carbons (Fsp3) is 1.00. The molecule has 0 aromatic rings. The van der Waals surface area contributed by atoms with Crippen LogP contribution in [-0.4, -0.2) is 41.9 Å². The van der Waals surface area contributed by atoms with Crippen LogP contribution in [0.25, 0.3) is 0 Å². The summed E-state index contributed by atoms with van der Waals surface area (Å²) in [5, 5.41) is 1.14. The molecule has 0 heterocycles. The second-order valence-electron chi connectivity index (χ2n) is 3.39. The lowest BCUT2D eigenvalue weighted by Gasteiger charge is -2.26. The first-order valence-corrected chi connectivity index (χ1v) is 7.52. The lowest BCUT2D eigenvalue weighted by Crippen LogP contribution is -2.33. The van der Waals surface area contributed by atoms with E-state index in [2.05, 4.69) is 41.1 Å². The van der Waals surface area contributed by atoms with E-state index in [1.165, 1.54) is 31.6 Å². The molecule has 0 aliphatic carbocycles. The molecule has 1 atom stereocenters. The van der Waals surface area contributed by atoms with Crippen molar-refractivity contribution in [2.75, 3.05) is 30.9 Å². The molecule has 0 fully saturated rings. The summed E-state index contributed by atoms with van der Waals surface area (Å²) in [6.07, 6.45) is 6.06. The highest BCUT2D eigenvalue weighted by Crippen LogP contribution is 2.09. The molecule has 0 aliphatic rings. The number of thioether (sulfide) groups is 1. The van der Waals surface area contributed by atoms with Gasteiger partial charge in [-0.3, -0.25) is 0 Å². The van der Waals surface area contributed by atoms with Crippen molar-refractivity contribution in [2.45, 2.75) is 32.2 Å². The zero-order valence-electron chi connectivity index (χ0n) is 9.05. The number of rotatable bonds is 8. The Kier molecular flexibility index (Phi) is 9.92. The van der Waals surface area contributed by atoms with E-state index in [4.69, 9.17) is 0 Å². The second kappa shape index (κ2) is 9.35. The first-order valence-electron chi connectivity index (χ1n) is 5.01. The standard InChI is InChI=1S/C10H22BrNS/c1-4-10(9-13-3)12(2)8-6-5-7-11/h10H,4-9H2,1-3H3. The van der Waals surface area contributed by atoms with Crippen molar-refractivity contribution < 1.29 is 0 Å². The number of hydrogen-bond acceptors (Lipinski definition) is 2. The fourth-order valence-corrected chi connectivity index (χ4v) is 2.66. The molecule has 0 aliphatic heterocycles. The summed E-state index contributed by atoms with van der Waals surface area (Å²) in [5.41, 5.74) is 0. The van der Waals surface area contributed by atoms with Gasteiger partial charge in [0.1, 0.15) is 0 Å². The summed E-state index contributed by atoms with van der Waals surface area (Å²) in [6.45, 7) is 3.52. The Balaban J connectivity index is 3.57. The smallest absolute Gasteiger partial charge is 0.0180 e. The van der Waals surface area contributed by atoms with Crippen molar-refractivity contribution in [1.82, 2.24) is 4.90 Å². The van der Waals surface area contributed by atoms with Gasteiger partial charge in [0, 0.05) is 17.1 Å². The van der Waals surface area contributed by atoms with Crippen molar-refractivity contribution in [3.05, 3.63) is 0 Å². The highest BCUT2D eigenvalue weighted by atomic mass is 79.9. The van der Waals surface area contributed by atoms with Crippen LogP contribution in [0, 0.1) is 0 Å². The van der Waals surface area contributed by atoms with Crippen LogP contribution in [-0.2, 0) is 0 Å². The molecule has 0 amide bonds. The molecule has 1 nitrogen and oxygen atoms in total. The third kappa shape index (κ3) is 6.81. The fourth-order valence-electron chi connectivity index (χ4n) is 1.39. The third-order valence-corrected chi connectivity index (χ3v) is 3.63. The molecule has 0 aromatic carbocycles. The van der Waals surface area contributed by atoms with Crippen LogP contribution in [0.1, 0.15) is 26.2 Å². The maximum atomic E-state index is 3.46. The van der Waals surface area contributed by atoms with Crippen molar-refractivity contribution in [2.24, 2.45) is 0 Å². The van der Waals surface area contributed by atoms with Gasteiger partial charge in [-0.25, -0.2) is 0 Å². The predicted molar refractivity (Wildman–Crippen MR) is 68.1 cm³/mol. The van der Waals surface area contributed by atoms with Gasteiger partial charge in [-0.1, -0.05) is 22.9 Å². The van der Waals surface area contributed by atoms with Gasteiger partial charge in [0.2, 0.25) is 0 Å². The van der Waals surface area contributed by atoms with E-state index >= 15 is 0 Å². The van der Waals surface area contributed by atoms with E-state index in [0.29, 0.717) is 0 Å². The normalized spacial score (nSPS) is 13.6. The average molecular weight is 268 g/mol. The topological polar surface area (TPSA) is 3.24 Å².